The Morgan fingerprint density at radius 1 is 1.37 bits per heavy atom. The molecule has 2 rings (SSSR count). The summed E-state index contributed by atoms with van der Waals surface area (Å²) in [6.07, 6.45) is 2.15. The maximum atomic E-state index is 12.3. The quantitative estimate of drug-likeness (QED) is 0.764. The highest BCUT2D eigenvalue weighted by Crippen LogP contribution is 2.32. The van der Waals surface area contributed by atoms with Crippen LogP contribution >= 0.6 is 0 Å². The Labute approximate surface area is 112 Å². The zero-order valence-corrected chi connectivity index (χ0v) is 11.3. The van der Waals surface area contributed by atoms with E-state index in [1.165, 1.54) is 0 Å². The minimum atomic E-state index is -0.778. The Bertz CT molecular complexity index is 364. The summed E-state index contributed by atoms with van der Waals surface area (Å²) in [6, 6.07) is 0. The van der Waals surface area contributed by atoms with E-state index in [-0.39, 0.29) is 18.1 Å². The fourth-order valence-corrected chi connectivity index (χ4v) is 2.70. The molecule has 0 saturated carbocycles. The second-order valence-corrected chi connectivity index (χ2v) is 5.75. The van der Waals surface area contributed by atoms with E-state index in [9.17, 15) is 9.59 Å². The molecule has 1 amide bonds. The predicted molar refractivity (Wildman–Crippen MR) is 68.5 cm³/mol. The van der Waals surface area contributed by atoms with Gasteiger partial charge in [0.05, 0.1) is 11.5 Å². The highest BCUT2D eigenvalue weighted by Gasteiger charge is 2.40. The molecule has 2 heterocycles. The fourth-order valence-electron chi connectivity index (χ4n) is 2.70. The minimum Gasteiger partial charge on any atom is -0.481 e. The molecule has 0 radical (unpaired) electrons. The van der Waals surface area contributed by atoms with Crippen LogP contribution in [0.25, 0.3) is 0 Å². The molecule has 2 aliphatic heterocycles. The molecular weight excluding hydrogens is 248 g/mol. The molecule has 6 heteroatoms. The van der Waals surface area contributed by atoms with Crippen LogP contribution in [0.4, 0.5) is 0 Å². The zero-order chi connectivity index (χ0) is 14.0. The van der Waals surface area contributed by atoms with Crippen molar-refractivity contribution in [3.8, 4) is 0 Å². The number of aliphatic carboxylic acids is 1. The van der Waals surface area contributed by atoms with Crippen molar-refractivity contribution in [1.82, 2.24) is 4.90 Å². The summed E-state index contributed by atoms with van der Waals surface area (Å²) in [7, 11) is 0. The number of piperidine rings is 1. The summed E-state index contributed by atoms with van der Waals surface area (Å²) in [6.45, 7) is 3.18. The lowest BCUT2D eigenvalue weighted by Gasteiger charge is -2.37. The number of hydrogen-bond acceptors (Lipinski definition) is 4. The first kappa shape index (κ1) is 14.3. The second kappa shape index (κ2) is 5.46. The monoisotopic (exact) mass is 270 g/mol. The van der Waals surface area contributed by atoms with Crippen LogP contribution in [-0.4, -0.2) is 53.7 Å². The number of carboxylic acids is 1. The Morgan fingerprint density at radius 3 is 2.47 bits per heavy atom. The topological polar surface area (TPSA) is 92.9 Å². The van der Waals surface area contributed by atoms with Gasteiger partial charge in [0.2, 0.25) is 0 Å². The molecule has 0 bridgehead atoms. The normalized spacial score (nSPS) is 30.3. The van der Waals surface area contributed by atoms with E-state index in [0.29, 0.717) is 38.9 Å². The standard InChI is InChI=1S/C13H22N2O4/c1-13(12(17)18)4-6-15(7-5-13)11(16)10-3-2-9(8-14)19-10/h9-10H,2-8,14H2,1H3,(H,17,18). The number of amides is 1. The molecule has 0 aromatic carbocycles. The lowest BCUT2D eigenvalue weighted by atomic mass is 9.80. The summed E-state index contributed by atoms with van der Waals surface area (Å²) in [5, 5.41) is 9.16. The Morgan fingerprint density at radius 2 is 2.00 bits per heavy atom. The molecule has 2 aliphatic rings. The van der Waals surface area contributed by atoms with Crippen molar-refractivity contribution in [1.29, 1.82) is 0 Å². The SMILES string of the molecule is CC1(C(=O)O)CCN(C(=O)C2CCC(CN)O2)CC1. The van der Waals surface area contributed by atoms with Crippen LogP contribution in [-0.2, 0) is 14.3 Å². The van der Waals surface area contributed by atoms with Gasteiger partial charge < -0.3 is 20.5 Å². The van der Waals surface area contributed by atoms with Gasteiger partial charge in [-0.15, -0.1) is 0 Å². The first-order chi connectivity index (χ1) is 8.96. The molecule has 0 aromatic heterocycles. The summed E-state index contributed by atoms with van der Waals surface area (Å²) < 4.78 is 5.59. The van der Waals surface area contributed by atoms with Crippen molar-refractivity contribution in [2.75, 3.05) is 19.6 Å². The number of carbonyl (C=O) groups excluding carboxylic acids is 1. The van der Waals surface area contributed by atoms with E-state index in [1.54, 1.807) is 11.8 Å². The number of carbonyl (C=O) groups is 2. The van der Waals surface area contributed by atoms with E-state index in [0.717, 1.165) is 6.42 Å². The van der Waals surface area contributed by atoms with E-state index in [2.05, 4.69) is 0 Å². The molecule has 2 fully saturated rings. The van der Waals surface area contributed by atoms with Gasteiger partial charge in [-0.3, -0.25) is 9.59 Å². The third-order valence-electron chi connectivity index (χ3n) is 4.34. The van der Waals surface area contributed by atoms with Crippen molar-refractivity contribution in [2.45, 2.75) is 44.8 Å². The largest absolute Gasteiger partial charge is 0.481 e. The number of ether oxygens (including phenoxy) is 1. The number of carboxylic acid groups (broad SMARTS) is 1. The molecule has 3 N–H and O–H groups in total. The maximum Gasteiger partial charge on any atom is 0.309 e. The van der Waals surface area contributed by atoms with Crippen LogP contribution in [0.3, 0.4) is 0 Å². The number of rotatable bonds is 3. The predicted octanol–water partition coefficient (Wildman–Crippen LogP) is 0.206. The van der Waals surface area contributed by atoms with Crippen molar-refractivity contribution in [3.05, 3.63) is 0 Å². The molecule has 0 aromatic rings. The molecule has 2 atom stereocenters. The van der Waals surface area contributed by atoms with Gasteiger partial charge in [0.15, 0.2) is 0 Å². The van der Waals surface area contributed by atoms with Crippen molar-refractivity contribution in [2.24, 2.45) is 11.1 Å². The molecule has 108 valence electrons. The molecule has 2 unspecified atom stereocenters. The summed E-state index contributed by atoms with van der Waals surface area (Å²) in [4.78, 5) is 25.1. The van der Waals surface area contributed by atoms with Crippen LogP contribution in [0.5, 0.6) is 0 Å². The average Bonchev–Trinajstić information content (AvgIpc) is 2.87. The Kier molecular flexibility index (Phi) is 4.10. The van der Waals surface area contributed by atoms with Gasteiger partial charge in [-0.1, -0.05) is 0 Å². The highest BCUT2D eigenvalue weighted by molar-refractivity contribution is 5.82. The number of likely N-dealkylation sites (tertiary alicyclic amines) is 1. The van der Waals surface area contributed by atoms with Crippen molar-refractivity contribution in [3.63, 3.8) is 0 Å². The van der Waals surface area contributed by atoms with E-state index in [4.69, 9.17) is 15.6 Å². The van der Waals surface area contributed by atoms with E-state index >= 15 is 0 Å². The molecule has 0 aliphatic carbocycles. The lowest BCUT2D eigenvalue weighted by Crippen LogP contribution is -2.48. The maximum absolute atomic E-state index is 12.3. The van der Waals surface area contributed by atoms with Crippen molar-refractivity contribution < 1.29 is 19.4 Å². The van der Waals surface area contributed by atoms with Crippen LogP contribution in [0.15, 0.2) is 0 Å². The van der Waals surface area contributed by atoms with Crippen LogP contribution in [0.1, 0.15) is 32.6 Å². The summed E-state index contributed by atoms with van der Waals surface area (Å²) >= 11 is 0. The van der Waals surface area contributed by atoms with Crippen LogP contribution in [0.2, 0.25) is 0 Å². The van der Waals surface area contributed by atoms with Gasteiger partial charge in [0, 0.05) is 19.6 Å². The molecule has 6 nitrogen and oxygen atoms in total. The van der Waals surface area contributed by atoms with Crippen LogP contribution in [0, 0.1) is 5.41 Å². The van der Waals surface area contributed by atoms with E-state index < -0.39 is 11.4 Å². The van der Waals surface area contributed by atoms with Gasteiger partial charge >= 0.3 is 5.97 Å². The third-order valence-corrected chi connectivity index (χ3v) is 4.34. The molecule has 19 heavy (non-hydrogen) atoms. The third kappa shape index (κ3) is 2.90. The minimum absolute atomic E-state index is 0.0108. The van der Waals surface area contributed by atoms with Crippen LogP contribution < -0.4 is 5.73 Å². The number of nitrogens with two attached hydrogens (primary N) is 1. The fraction of sp³-hybridized carbons (Fsp3) is 0.846. The highest BCUT2D eigenvalue weighted by atomic mass is 16.5. The Balaban J connectivity index is 1.88. The summed E-state index contributed by atoms with van der Waals surface area (Å²) in [5.74, 6) is -0.789. The molecular formula is C13H22N2O4. The van der Waals surface area contributed by atoms with Gasteiger partial charge in [-0.25, -0.2) is 0 Å². The first-order valence-corrected chi connectivity index (χ1v) is 6.84. The van der Waals surface area contributed by atoms with E-state index in [1.807, 2.05) is 0 Å². The molecule has 0 spiro atoms. The van der Waals surface area contributed by atoms with Gasteiger partial charge in [0.1, 0.15) is 6.10 Å². The zero-order valence-electron chi connectivity index (χ0n) is 11.3. The number of nitrogens with zero attached hydrogens (tertiary/aromatic N) is 1. The molecule has 2 saturated heterocycles. The summed E-state index contributed by atoms with van der Waals surface area (Å²) in [5.41, 5.74) is 4.83. The Hall–Kier alpha value is -1.14. The average molecular weight is 270 g/mol. The first-order valence-electron chi connectivity index (χ1n) is 6.84. The smallest absolute Gasteiger partial charge is 0.309 e. The van der Waals surface area contributed by atoms with Crippen molar-refractivity contribution >= 4 is 11.9 Å². The second-order valence-electron chi connectivity index (χ2n) is 5.75. The van der Waals surface area contributed by atoms with Gasteiger partial charge in [-0.2, -0.15) is 0 Å². The van der Waals surface area contributed by atoms with Gasteiger partial charge in [0.25, 0.3) is 5.91 Å². The lowest BCUT2D eigenvalue weighted by molar-refractivity contribution is -0.155. The van der Waals surface area contributed by atoms with Gasteiger partial charge in [-0.05, 0) is 32.6 Å². The number of hydrogen-bond donors (Lipinski definition) is 2.